The van der Waals surface area contributed by atoms with E-state index in [1.165, 1.54) is 32.1 Å². The molecule has 0 atom stereocenters. The predicted molar refractivity (Wildman–Crippen MR) is 70.0 cm³/mol. The van der Waals surface area contributed by atoms with Crippen LogP contribution in [-0.4, -0.2) is 30.1 Å². The molecule has 0 heterocycles. The lowest BCUT2D eigenvalue weighted by Gasteiger charge is -2.24. The zero-order valence-corrected chi connectivity index (χ0v) is 12.4. The Labute approximate surface area is 102 Å². The summed E-state index contributed by atoms with van der Waals surface area (Å²) in [6.45, 7) is 2.23. The van der Waals surface area contributed by atoms with Crippen molar-refractivity contribution in [3.8, 4) is 0 Å². The summed E-state index contributed by atoms with van der Waals surface area (Å²) in [4.78, 5) is 0. The van der Waals surface area contributed by atoms with Crippen LogP contribution in [0.1, 0.15) is 45.4 Å². The summed E-state index contributed by atoms with van der Waals surface area (Å²) in [6, 6.07) is 0.933. The second-order valence-electron chi connectivity index (χ2n) is 3.81. The van der Waals surface area contributed by atoms with Crippen LogP contribution in [0.25, 0.3) is 0 Å². The van der Waals surface area contributed by atoms with Gasteiger partial charge in [0.2, 0.25) is 0 Å². The van der Waals surface area contributed by atoms with Crippen LogP contribution in [0.4, 0.5) is 0 Å². The molecule has 0 fully saturated rings. The van der Waals surface area contributed by atoms with Crippen molar-refractivity contribution in [1.82, 2.24) is 6.15 Å². The maximum atomic E-state index is 5.36. The zero-order chi connectivity index (χ0) is 11.6. The second-order valence-corrected chi connectivity index (χ2v) is 6.90. The first kappa shape index (κ1) is 18.4. The van der Waals surface area contributed by atoms with Crippen LogP contribution in [0.2, 0.25) is 6.04 Å². The van der Waals surface area contributed by atoms with Gasteiger partial charge in [-0.2, -0.15) is 0 Å². The molecule has 0 unspecified atom stereocenters. The summed E-state index contributed by atoms with van der Waals surface area (Å²) >= 11 is 0. The molecule has 16 heavy (non-hydrogen) atoms. The molecule has 0 bridgehead atoms. The SMILES string of the molecule is CCCCCCCC[Si](OC)(OC)OC.N. The lowest BCUT2D eigenvalue weighted by molar-refractivity contribution is 0.122. The molecule has 0 aliphatic heterocycles. The molecule has 0 saturated carbocycles. The maximum Gasteiger partial charge on any atom is 0.500 e. The van der Waals surface area contributed by atoms with Crippen molar-refractivity contribution >= 4 is 8.80 Å². The normalized spacial score (nSPS) is 11.2. The van der Waals surface area contributed by atoms with Crippen molar-refractivity contribution in [1.29, 1.82) is 0 Å². The molecule has 0 aromatic carbocycles. The van der Waals surface area contributed by atoms with Crippen molar-refractivity contribution in [2.45, 2.75) is 51.5 Å². The van der Waals surface area contributed by atoms with E-state index in [1.54, 1.807) is 21.3 Å². The molecule has 5 heteroatoms. The minimum Gasteiger partial charge on any atom is -0.377 e. The Morgan fingerprint density at radius 3 is 1.62 bits per heavy atom. The number of hydrogen-bond donors (Lipinski definition) is 1. The Hall–Kier alpha value is 0.0569. The van der Waals surface area contributed by atoms with Gasteiger partial charge < -0.3 is 19.4 Å². The monoisotopic (exact) mass is 251 g/mol. The van der Waals surface area contributed by atoms with Crippen molar-refractivity contribution < 1.29 is 13.3 Å². The first-order valence-corrected chi connectivity index (χ1v) is 7.83. The van der Waals surface area contributed by atoms with E-state index in [9.17, 15) is 0 Å². The fourth-order valence-corrected chi connectivity index (χ4v) is 3.47. The third-order valence-corrected chi connectivity index (χ3v) is 5.60. The molecule has 4 nitrogen and oxygen atoms in total. The highest BCUT2D eigenvalue weighted by Gasteiger charge is 2.36. The average molecular weight is 251 g/mol. The number of rotatable bonds is 10. The van der Waals surface area contributed by atoms with Crippen molar-refractivity contribution in [2.24, 2.45) is 0 Å². The summed E-state index contributed by atoms with van der Waals surface area (Å²) in [5.41, 5.74) is 0. The Morgan fingerprint density at radius 2 is 1.19 bits per heavy atom. The number of unbranched alkanes of at least 4 members (excludes halogenated alkanes) is 5. The van der Waals surface area contributed by atoms with Crippen LogP contribution in [0.15, 0.2) is 0 Å². The molecule has 0 radical (unpaired) electrons. The molecular formula is C11H29NO3Si. The molecule has 0 aromatic rings. The van der Waals surface area contributed by atoms with E-state index in [0.29, 0.717) is 0 Å². The molecule has 0 rings (SSSR count). The zero-order valence-electron chi connectivity index (χ0n) is 11.4. The van der Waals surface area contributed by atoms with Gasteiger partial charge in [-0.05, 0) is 6.42 Å². The maximum absolute atomic E-state index is 5.36. The summed E-state index contributed by atoms with van der Waals surface area (Å²) in [5, 5.41) is 0. The highest BCUT2D eigenvalue weighted by Crippen LogP contribution is 2.17. The minimum atomic E-state index is -2.29. The van der Waals surface area contributed by atoms with Crippen molar-refractivity contribution in [2.75, 3.05) is 21.3 Å². The summed E-state index contributed by atoms with van der Waals surface area (Å²) in [6.07, 6.45) is 7.71. The topological polar surface area (TPSA) is 62.7 Å². The molecule has 0 spiro atoms. The van der Waals surface area contributed by atoms with Gasteiger partial charge >= 0.3 is 8.80 Å². The van der Waals surface area contributed by atoms with Gasteiger partial charge in [-0.25, -0.2) is 0 Å². The Kier molecular flexibility index (Phi) is 13.3. The highest BCUT2D eigenvalue weighted by atomic mass is 28.4. The summed E-state index contributed by atoms with van der Waals surface area (Å²) in [7, 11) is 2.74. The fourth-order valence-electron chi connectivity index (χ4n) is 1.68. The van der Waals surface area contributed by atoms with Crippen molar-refractivity contribution in [3.05, 3.63) is 0 Å². The van der Waals surface area contributed by atoms with Gasteiger partial charge in [0, 0.05) is 27.4 Å². The molecule has 0 aliphatic rings. The van der Waals surface area contributed by atoms with Gasteiger partial charge in [0.05, 0.1) is 0 Å². The van der Waals surface area contributed by atoms with E-state index >= 15 is 0 Å². The van der Waals surface area contributed by atoms with E-state index in [2.05, 4.69) is 6.92 Å². The summed E-state index contributed by atoms with van der Waals surface area (Å²) in [5.74, 6) is 0. The van der Waals surface area contributed by atoms with Crippen LogP contribution in [0.3, 0.4) is 0 Å². The largest absolute Gasteiger partial charge is 0.500 e. The second kappa shape index (κ2) is 11.5. The molecule has 100 valence electrons. The van der Waals surface area contributed by atoms with Crippen LogP contribution >= 0.6 is 0 Å². The lowest BCUT2D eigenvalue weighted by Crippen LogP contribution is -2.42. The predicted octanol–water partition coefficient (Wildman–Crippen LogP) is 3.39. The Morgan fingerprint density at radius 1 is 0.750 bits per heavy atom. The standard InChI is InChI=1S/C11H26O3Si.H3N/c1-5-6-7-8-9-10-11-15(12-2,13-3)14-4;/h5-11H2,1-4H3;1H3. The first-order chi connectivity index (χ1) is 7.24. The Bertz CT molecular complexity index is 135. The number of hydrogen-bond acceptors (Lipinski definition) is 4. The van der Waals surface area contributed by atoms with Gasteiger partial charge in [0.25, 0.3) is 0 Å². The minimum absolute atomic E-state index is 0. The average Bonchev–Trinajstić information content (AvgIpc) is 2.29. The highest BCUT2D eigenvalue weighted by molar-refractivity contribution is 6.60. The third-order valence-electron chi connectivity index (χ3n) is 2.77. The van der Waals surface area contributed by atoms with Crippen LogP contribution < -0.4 is 6.15 Å². The van der Waals surface area contributed by atoms with E-state index in [-0.39, 0.29) is 6.15 Å². The molecule has 0 aromatic heterocycles. The molecule has 0 saturated heterocycles. The van der Waals surface area contributed by atoms with Crippen molar-refractivity contribution in [3.63, 3.8) is 0 Å². The van der Waals surface area contributed by atoms with E-state index in [0.717, 1.165) is 12.5 Å². The molecule has 0 amide bonds. The smallest absolute Gasteiger partial charge is 0.377 e. The fraction of sp³-hybridized carbons (Fsp3) is 1.00. The third kappa shape index (κ3) is 7.35. The molecular weight excluding hydrogens is 222 g/mol. The van der Waals surface area contributed by atoms with Gasteiger partial charge in [0.1, 0.15) is 0 Å². The van der Waals surface area contributed by atoms with Gasteiger partial charge in [-0.3, -0.25) is 0 Å². The first-order valence-electron chi connectivity index (χ1n) is 5.90. The summed E-state index contributed by atoms with van der Waals surface area (Å²) < 4.78 is 16.1. The molecule has 0 aliphatic carbocycles. The quantitative estimate of drug-likeness (QED) is 0.477. The van der Waals surface area contributed by atoms with Gasteiger partial charge in [-0.1, -0.05) is 39.0 Å². The van der Waals surface area contributed by atoms with Crippen LogP contribution in [-0.2, 0) is 13.3 Å². The molecule has 3 N–H and O–H groups in total. The lowest BCUT2D eigenvalue weighted by atomic mass is 10.1. The van der Waals surface area contributed by atoms with Crippen LogP contribution in [0.5, 0.6) is 0 Å². The van der Waals surface area contributed by atoms with E-state index < -0.39 is 8.80 Å². The van der Waals surface area contributed by atoms with E-state index in [4.69, 9.17) is 13.3 Å². The van der Waals surface area contributed by atoms with Crippen LogP contribution in [0, 0.1) is 0 Å². The van der Waals surface area contributed by atoms with E-state index in [1.807, 2.05) is 0 Å². The van der Waals surface area contributed by atoms with Gasteiger partial charge in [0.15, 0.2) is 0 Å². The Balaban J connectivity index is 0. The van der Waals surface area contributed by atoms with Gasteiger partial charge in [-0.15, -0.1) is 0 Å².